The van der Waals surface area contributed by atoms with Gasteiger partial charge < -0.3 is 9.47 Å². The summed E-state index contributed by atoms with van der Waals surface area (Å²) in [7, 11) is 0. The van der Waals surface area contributed by atoms with Crippen molar-refractivity contribution < 1.29 is 31.8 Å². The number of halogens is 4. The molecule has 0 radical (unpaired) electrons. The minimum atomic E-state index is -4.66. The molecule has 0 atom stereocenters. The predicted octanol–water partition coefficient (Wildman–Crippen LogP) is 7.40. The number of ether oxygens (including phenoxy) is 2. The second-order valence-electron chi connectivity index (χ2n) is 8.53. The Bertz CT molecular complexity index is 1310. The highest BCUT2D eigenvalue weighted by molar-refractivity contribution is 5.95. The van der Waals surface area contributed by atoms with E-state index in [1.807, 2.05) is 19.1 Å². The summed E-state index contributed by atoms with van der Waals surface area (Å²) in [6, 6.07) is 13.5. The number of aromatic nitrogens is 1. The molecule has 0 N–H and O–H groups in total. The Morgan fingerprint density at radius 3 is 2.50 bits per heavy atom. The molecular weight excluding hydrogens is 474 g/mol. The van der Waals surface area contributed by atoms with Crippen molar-refractivity contribution in [1.29, 1.82) is 0 Å². The van der Waals surface area contributed by atoms with Crippen LogP contribution < -0.4 is 4.74 Å². The van der Waals surface area contributed by atoms with Crippen molar-refractivity contribution in [3.05, 3.63) is 94.1 Å². The summed E-state index contributed by atoms with van der Waals surface area (Å²) in [5, 5.41) is 0. The number of carbonyl (C=O) groups excluding carboxylic acids is 1. The van der Waals surface area contributed by atoms with Crippen LogP contribution in [0.15, 0.2) is 54.6 Å². The minimum absolute atomic E-state index is 0.000162. The smallest absolute Gasteiger partial charge is 0.416 e. The fourth-order valence-electron chi connectivity index (χ4n) is 4.26. The zero-order valence-electron chi connectivity index (χ0n) is 19.9. The number of rotatable bonds is 7. The molecule has 188 valence electrons. The van der Waals surface area contributed by atoms with Crippen LogP contribution in [0.3, 0.4) is 0 Å². The second-order valence-corrected chi connectivity index (χ2v) is 8.53. The lowest BCUT2D eigenvalue weighted by Crippen LogP contribution is -2.13. The van der Waals surface area contributed by atoms with E-state index in [4.69, 9.17) is 9.47 Å². The molecule has 0 spiro atoms. The number of benzene rings is 2. The van der Waals surface area contributed by atoms with E-state index in [2.05, 4.69) is 4.98 Å². The molecule has 1 aromatic heterocycles. The molecule has 0 unspecified atom stereocenters. The lowest BCUT2D eigenvalue weighted by Gasteiger charge is -2.16. The predicted molar refractivity (Wildman–Crippen MR) is 128 cm³/mol. The maximum atomic E-state index is 14.1. The van der Waals surface area contributed by atoms with E-state index in [0.717, 1.165) is 22.8 Å². The number of allylic oxidation sites excluding steroid dienone is 2. The summed E-state index contributed by atoms with van der Waals surface area (Å²) in [5.41, 5.74) is 2.19. The second kappa shape index (κ2) is 10.5. The van der Waals surface area contributed by atoms with Crippen molar-refractivity contribution in [2.24, 2.45) is 0 Å². The van der Waals surface area contributed by atoms with E-state index in [0.29, 0.717) is 42.2 Å². The normalized spacial score (nSPS) is 13.7. The number of aryl methyl sites for hydroxylation is 1. The minimum Gasteiger partial charge on any atom is -0.488 e. The standard InChI is InChI=1S/C28H25F4NO3/c1-3-35-27(34)25-15-19(28(30,31)32)14-24(33-25)21-9-6-8-20(21)22-13-17(2)11-12-26(22)36-16-18-7-4-5-10-23(18)29/h4-5,7,10-15H,3,6,8-9,16H2,1-2H3. The number of hydrogen-bond acceptors (Lipinski definition) is 4. The summed E-state index contributed by atoms with van der Waals surface area (Å²) >= 11 is 0. The van der Waals surface area contributed by atoms with Gasteiger partial charge in [0.2, 0.25) is 0 Å². The summed E-state index contributed by atoms with van der Waals surface area (Å²) < 4.78 is 66.0. The van der Waals surface area contributed by atoms with Crippen LogP contribution in [-0.4, -0.2) is 17.6 Å². The Morgan fingerprint density at radius 1 is 1.03 bits per heavy atom. The molecule has 0 amide bonds. The van der Waals surface area contributed by atoms with Crippen LogP contribution in [0.25, 0.3) is 11.1 Å². The van der Waals surface area contributed by atoms with Gasteiger partial charge in [0.05, 0.1) is 17.9 Å². The third kappa shape index (κ3) is 5.58. The molecule has 0 saturated heterocycles. The Morgan fingerprint density at radius 2 is 1.78 bits per heavy atom. The van der Waals surface area contributed by atoms with Gasteiger partial charge in [0.25, 0.3) is 0 Å². The van der Waals surface area contributed by atoms with Crippen LogP contribution in [0.4, 0.5) is 17.6 Å². The average molecular weight is 500 g/mol. The van der Waals surface area contributed by atoms with Crippen LogP contribution in [0.2, 0.25) is 0 Å². The first-order chi connectivity index (χ1) is 17.2. The summed E-state index contributed by atoms with van der Waals surface area (Å²) in [4.78, 5) is 16.5. The Hall–Kier alpha value is -3.68. The quantitative estimate of drug-likeness (QED) is 0.251. The van der Waals surface area contributed by atoms with Gasteiger partial charge >= 0.3 is 12.1 Å². The molecule has 1 heterocycles. The average Bonchev–Trinajstić information content (AvgIpc) is 3.33. The molecule has 1 aliphatic rings. The number of esters is 1. The maximum Gasteiger partial charge on any atom is 0.416 e. The zero-order valence-corrected chi connectivity index (χ0v) is 19.9. The number of nitrogens with zero attached hydrogens (tertiary/aromatic N) is 1. The van der Waals surface area contributed by atoms with Gasteiger partial charge in [0, 0.05) is 11.1 Å². The number of alkyl halides is 3. The van der Waals surface area contributed by atoms with Gasteiger partial charge in [-0.2, -0.15) is 13.2 Å². The maximum absolute atomic E-state index is 14.1. The van der Waals surface area contributed by atoms with Gasteiger partial charge in [-0.15, -0.1) is 0 Å². The first-order valence-corrected chi connectivity index (χ1v) is 11.6. The van der Waals surface area contributed by atoms with Crippen molar-refractivity contribution in [3.8, 4) is 5.75 Å². The monoisotopic (exact) mass is 499 g/mol. The molecule has 36 heavy (non-hydrogen) atoms. The van der Waals surface area contributed by atoms with E-state index in [-0.39, 0.29) is 30.4 Å². The molecule has 2 aromatic carbocycles. The Labute approximate surface area is 206 Å². The lowest BCUT2D eigenvalue weighted by molar-refractivity contribution is -0.137. The third-order valence-electron chi connectivity index (χ3n) is 5.97. The number of carbonyl (C=O) groups is 1. The van der Waals surface area contributed by atoms with Gasteiger partial charge in [0.15, 0.2) is 0 Å². The van der Waals surface area contributed by atoms with E-state index in [1.165, 1.54) is 6.07 Å². The molecule has 4 rings (SSSR count). The highest BCUT2D eigenvalue weighted by Gasteiger charge is 2.34. The fourth-order valence-corrected chi connectivity index (χ4v) is 4.26. The Balaban J connectivity index is 1.79. The van der Waals surface area contributed by atoms with Crippen LogP contribution in [-0.2, 0) is 17.5 Å². The molecular formula is C28H25F4NO3. The highest BCUT2D eigenvalue weighted by atomic mass is 19.4. The summed E-state index contributed by atoms with van der Waals surface area (Å²) in [5.74, 6) is -0.795. The van der Waals surface area contributed by atoms with Crippen LogP contribution in [0.5, 0.6) is 5.75 Å². The largest absolute Gasteiger partial charge is 0.488 e. The lowest BCUT2D eigenvalue weighted by atomic mass is 9.96. The summed E-state index contributed by atoms with van der Waals surface area (Å²) in [6.07, 6.45) is -2.86. The van der Waals surface area contributed by atoms with Crippen LogP contribution in [0.1, 0.15) is 64.6 Å². The van der Waals surface area contributed by atoms with Gasteiger partial charge in [-0.3, -0.25) is 0 Å². The van der Waals surface area contributed by atoms with Crippen molar-refractivity contribution >= 4 is 17.1 Å². The van der Waals surface area contributed by atoms with E-state index >= 15 is 0 Å². The molecule has 4 nitrogen and oxygen atoms in total. The number of pyridine rings is 1. The molecule has 0 fully saturated rings. The van der Waals surface area contributed by atoms with E-state index < -0.39 is 17.7 Å². The van der Waals surface area contributed by atoms with Crippen molar-refractivity contribution in [3.63, 3.8) is 0 Å². The van der Waals surface area contributed by atoms with Gasteiger partial charge in [-0.25, -0.2) is 14.2 Å². The van der Waals surface area contributed by atoms with Gasteiger partial charge in [-0.1, -0.05) is 29.8 Å². The molecule has 0 bridgehead atoms. The molecule has 3 aromatic rings. The van der Waals surface area contributed by atoms with E-state index in [9.17, 15) is 22.4 Å². The van der Waals surface area contributed by atoms with Crippen LogP contribution in [0, 0.1) is 12.7 Å². The zero-order chi connectivity index (χ0) is 25.9. The van der Waals surface area contributed by atoms with Crippen molar-refractivity contribution in [2.45, 2.75) is 45.9 Å². The van der Waals surface area contributed by atoms with Crippen molar-refractivity contribution in [1.82, 2.24) is 4.98 Å². The van der Waals surface area contributed by atoms with E-state index in [1.54, 1.807) is 31.2 Å². The van der Waals surface area contributed by atoms with Gasteiger partial charge in [-0.05, 0) is 74.6 Å². The SMILES string of the molecule is CCOC(=O)c1cc(C(F)(F)F)cc(C2=C(c3cc(C)ccc3OCc3ccccc3F)CCC2)n1. The molecule has 1 aliphatic carbocycles. The molecule has 0 aliphatic heterocycles. The van der Waals surface area contributed by atoms with Crippen LogP contribution >= 0.6 is 0 Å². The fraction of sp³-hybridized carbons (Fsp3) is 0.286. The molecule has 8 heteroatoms. The van der Waals surface area contributed by atoms with Crippen molar-refractivity contribution in [2.75, 3.05) is 6.61 Å². The third-order valence-corrected chi connectivity index (χ3v) is 5.97. The van der Waals surface area contributed by atoms with Gasteiger partial charge in [0.1, 0.15) is 23.9 Å². The Kier molecular flexibility index (Phi) is 7.43. The molecule has 0 saturated carbocycles. The first kappa shape index (κ1) is 25.4. The first-order valence-electron chi connectivity index (χ1n) is 11.6. The highest BCUT2D eigenvalue weighted by Crippen LogP contribution is 2.44. The number of hydrogen-bond donors (Lipinski definition) is 0. The topological polar surface area (TPSA) is 48.4 Å². The summed E-state index contributed by atoms with van der Waals surface area (Å²) in [6.45, 7) is 3.50.